The summed E-state index contributed by atoms with van der Waals surface area (Å²) < 4.78 is 0. The molecule has 0 radical (unpaired) electrons. The van der Waals surface area contributed by atoms with Crippen molar-refractivity contribution in [1.29, 1.82) is 0 Å². The highest BCUT2D eigenvalue weighted by atomic mass is 16.3. The highest BCUT2D eigenvalue weighted by Gasteiger charge is 2.31. The number of aromatic hydroxyl groups is 1. The zero-order valence-corrected chi connectivity index (χ0v) is 13.2. The maximum absolute atomic E-state index is 11.9. The number of aliphatic hydroxyl groups is 1. The average molecular weight is 333 g/mol. The molecule has 124 valence electrons. The Morgan fingerprint density at radius 2 is 1.80 bits per heavy atom. The molecule has 5 heteroatoms. The van der Waals surface area contributed by atoms with E-state index in [1.165, 1.54) is 0 Å². The van der Waals surface area contributed by atoms with E-state index in [1.54, 1.807) is 18.2 Å². The number of phenols is 1. The van der Waals surface area contributed by atoms with Crippen molar-refractivity contribution in [3.8, 4) is 5.75 Å². The molecule has 2 aromatic rings. The predicted octanol–water partition coefficient (Wildman–Crippen LogP) is 3.12. The van der Waals surface area contributed by atoms with Crippen LogP contribution in [0.2, 0.25) is 0 Å². The van der Waals surface area contributed by atoms with Crippen molar-refractivity contribution >= 4 is 28.7 Å². The number of aliphatic hydroxyl groups excluding tert-OH is 1. The van der Waals surface area contributed by atoms with Crippen LogP contribution in [0.4, 0.5) is 0 Å². The Labute approximate surface area is 143 Å². The number of hydrogen-bond donors (Lipinski definition) is 3. The van der Waals surface area contributed by atoms with Gasteiger partial charge in [-0.2, -0.15) is 0 Å². The summed E-state index contributed by atoms with van der Waals surface area (Å²) in [5.41, 5.74) is 2.03. The lowest BCUT2D eigenvalue weighted by molar-refractivity contribution is -0.129. The van der Waals surface area contributed by atoms with Gasteiger partial charge in [0.05, 0.1) is 12.0 Å². The molecule has 3 N–H and O–H groups in total. The SMILES string of the molecule is O=C1CC2=CC(=Cc3ccc4ccccc4c3O)CC(O)=C2C(=O)N1. The molecule has 1 saturated heterocycles. The molecule has 2 aliphatic rings. The third-order valence-electron chi connectivity index (χ3n) is 4.44. The van der Waals surface area contributed by atoms with Crippen molar-refractivity contribution in [2.75, 3.05) is 0 Å². The number of rotatable bonds is 1. The summed E-state index contributed by atoms with van der Waals surface area (Å²) in [5, 5.41) is 24.6. The molecule has 4 rings (SSSR count). The third-order valence-corrected chi connectivity index (χ3v) is 4.44. The number of imide groups is 1. The van der Waals surface area contributed by atoms with Gasteiger partial charge < -0.3 is 10.2 Å². The first kappa shape index (κ1) is 15.2. The highest BCUT2D eigenvalue weighted by molar-refractivity contribution is 6.12. The number of hydrogen-bond acceptors (Lipinski definition) is 4. The van der Waals surface area contributed by atoms with E-state index in [-0.39, 0.29) is 35.8 Å². The van der Waals surface area contributed by atoms with Gasteiger partial charge >= 0.3 is 0 Å². The van der Waals surface area contributed by atoms with E-state index in [0.29, 0.717) is 11.1 Å². The van der Waals surface area contributed by atoms with Crippen LogP contribution >= 0.6 is 0 Å². The topological polar surface area (TPSA) is 86.6 Å². The minimum absolute atomic E-state index is 0.0478. The van der Waals surface area contributed by atoms with Crippen LogP contribution in [-0.4, -0.2) is 22.0 Å². The minimum Gasteiger partial charge on any atom is -0.511 e. The van der Waals surface area contributed by atoms with Crippen molar-refractivity contribution in [2.24, 2.45) is 0 Å². The molecular weight excluding hydrogens is 318 g/mol. The Morgan fingerprint density at radius 1 is 1.00 bits per heavy atom. The van der Waals surface area contributed by atoms with Crippen LogP contribution in [0.3, 0.4) is 0 Å². The fourth-order valence-electron chi connectivity index (χ4n) is 3.32. The molecule has 2 amide bonds. The van der Waals surface area contributed by atoms with Crippen molar-refractivity contribution in [2.45, 2.75) is 12.8 Å². The van der Waals surface area contributed by atoms with E-state index < -0.39 is 5.91 Å². The first-order chi connectivity index (χ1) is 12.0. The van der Waals surface area contributed by atoms with Crippen LogP contribution in [0.15, 0.2) is 65.0 Å². The number of carbonyl (C=O) groups excluding carboxylic acids is 2. The van der Waals surface area contributed by atoms with E-state index in [0.717, 1.165) is 16.3 Å². The number of allylic oxidation sites excluding steroid dienone is 2. The fourth-order valence-corrected chi connectivity index (χ4v) is 3.32. The Morgan fingerprint density at radius 3 is 2.64 bits per heavy atom. The molecule has 0 spiro atoms. The first-order valence-corrected chi connectivity index (χ1v) is 7.91. The number of fused-ring (bicyclic) bond motifs is 2. The smallest absolute Gasteiger partial charge is 0.261 e. The van der Waals surface area contributed by atoms with E-state index in [9.17, 15) is 19.8 Å². The zero-order valence-electron chi connectivity index (χ0n) is 13.2. The largest absolute Gasteiger partial charge is 0.511 e. The Bertz CT molecular complexity index is 1030. The van der Waals surface area contributed by atoms with E-state index >= 15 is 0 Å². The summed E-state index contributed by atoms with van der Waals surface area (Å²) >= 11 is 0. The summed E-state index contributed by atoms with van der Waals surface area (Å²) in [6, 6.07) is 11.2. The normalized spacial score (nSPS) is 19.0. The van der Waals surface area contributed by atoms with E-state index in [4.69, 9.17) is 0 Å². The van der Waals surface area contributed by atoms with Gasteiger partial charge in [0.25, 0.3) is 5.91 Å². The van der Waals surface area contributed by atoms with Gasteiger partial charge in [-0.25, -0.2) is 0 Å². The summed E-state index contributed by atoms with van der Waals surface area (Å²) in [4.78, 5) is 23.4. The van der Waals surface area contributed by atoms with Gasteiger partial charge in [-0.05, 0) is 22.6 Å². The number of benzene rings is 2. The lowest BCUT2D eigenvalue weighted by atomic mass is 9.87. The van der Waals surface area contributed by atoms with Crippen LogP contribution < -0.4 is 5.32 Å². The van der Waals surface area contributed by atoms with Gasteiger partial charge in [0.1, 0.15) is 11.5 Å². The number of amides is 2. The van der Waals surface area contributed by atoms with Crippen LogP contribution in [0.25, 0.3) is 16.8 Å². The quantitative estimate of drug-likeness (QED) is 0.700. The molecule has 5 nitrogen and oxygen atoms in total. The lowest BCUT2D eigenvalue weighted by Gasteiger charge is -2.23. The first-order valence-electron chi connectivity index (χ1n) is 7.91. The number of phenolic OH excluding ortho intramolecular Hbond substituents is 1. The Hall–Kier alpha value is -3.34. The second kappa shape index (κ2) is 5.63. The van der Waals surface area contributed by atoms with Gasteiger partial charge in [-0.3, -0.25) is 14.9 Å². The second-order valence-corrected chi connectivity index (χ2v) is 6.17. The molecule has 0 aromatic heterocycles. The molecule has 0 unspecified atom stereocenters. The zero-order chi connectivity index (χ0) is 17.6. The molecule has 0 bridgehead atoms. The standard InChI is InChI=1S/C20H15NO4/c22-16-9-11(8-14-10-17(23)21-20(25)18(14)16)7-13-6-5-12-3-1-2-4-15(12)19(13)24/h1-8,22,24H,9-10H2,(H,21,23,25). The second-order valence-electron chi connectivity index (χ2n) is 6.17. The predicted molar refractivity (Wildman–Crippen MR) is 93.7 cm³/mol. The third kappa shape index (κ3) is 2.59. The maximum Gasteiger partial charge on any atom is 0.261 e. The fraction of sp³-hybridized carbons (Fsp3) is 0.100. The minimum atomic E-state index is -0.562. The molecule has 1 fully saturated rings. The van der Waals surface area contributed by atoms with Crippen LogP contribution in [0.1, 0.15) is 18.4 Å². The summed E-state index contributed by atoms with van der Waals surface area (Å²) in [6.45, 7) is 0. The van der Waals surface area contributed by atoms with Crippen LogP contribution in [0.5, 0.6) is 5.75 Å². The summed E-state index contributed by atoms with van der Waals surface area (Å²) in [6.07, 6.45) is 3.72. The van der Waals surface area contributed by atoms with Crippen LogP contribution in [-0.2, 0) is 9.59 Å². The molecular formula is C20H15NO4. The number of nitrogens with one attached hydrogen (secondary N) is 1. The van der Waals surface area contributed by atoms with E-state index in [2.05, 4.69) is 5.32 Å². The highest BCUT2D eigenvalue weighted by Crippen LogP contribution is 2.35. The monoisotopic (exact) mass is 333 g/mol. The molecule has 0 saturated carbocycles. The van der Waals surface area contributed by atoms with Crippen LogP contribution in [0, 0.1) is 0 Å². The molecule has 1 aliphatic carbocycles. The van der Waals surface area contributed by atoms with Crippen molar-refractivity contribution < 1.29 is 19.8 Å². The van der Waals surface area contributed by atoms with Gasteiger partial charge in [-0.15, -0.1) is 0 Å². The van der Waals surface area contributed by atoms with Gasteiger partial charge in [0, 0.05) is 17.4 Å². The van der Waals surface area contributed by atoms with Gasteiger partial charge in [0.2, 0.25) is 5.91 Å². The van der Waals surface area contributed by atoms with Crippen molar-refractivity contribution in [3.63, 3.8) is 0 Å². The van der Waals surface area contributed by atoms with Gasteiger partial charge in [-0.1, -0.05) is 42.5 Å². The molecule has 0 atom stereocenters. The Kier molecular flexibility index (Phi) is 3.42. The Balaban J connectivity index is 1.78. The molecule has 2 aromatic carbocycles. The van der Waals surface area contributed by atoms with Crippen molar-refractivity contribution in [3.05, 3.63) is 70.5 Å². The molecule has 1 heterocycles. The summed E-state index contributed by atoms with van der Waals surface area (Å²) in [5.74, 6) is -0.847. The summed E-state index contributed by atoms with van der Waals surface area (Å²) in [7, 11) is 0. The number of piperidine rings is 1. The van der Waals surface area contributed by atoms with E-state index in [1.807, 2.05) is 30.3 Å². The molecule has 1 aliphatic heterocycles. The number of carbonyl (C=O) groups is 2. The average Bonchev–Trinajstić information content (AvgIpc) is 2.56. The van der Waals surface area contributed by atoms with Crippen molar-refractivity contribution in [1.82, 2.24) is 5.32 Å². The maximum atomic E-state index is 11.9. The van der Waals surface area contributed by atoms with Gasteiger partial charge in [0.15, 0.2) is 0 Å². The lowest BCUT2D eigenvalue weighted by Crippen LogP contribution is -2.38. The molecule has 25 heavy (non-hydrogen) atoms.